The lowest BCUT2D eigenvalue weighted by atomic mass is 10.1. The molecule has 0 spiro atoms. The number of amides is 1. The van der Waals surface area contributed by atoms with Crippen molar-refractivity contribution >= 4 is 15.9 Å². The zero-order valence-electron chi connectivity index (χ0n) is 14.0. The Bertz CT molecular complexity index is 875. The molecule has 1 aliphatic heterocycles. The number of hydrogen-bond donors (Lipinski definition) is 1. The van der Waals surface area contributed by atoms with E-state index in [4.69, 9.17) is 9.15 Å². The van der Waals surface area contributed by atoms with Gasteiger partial charge in [0.2, 0.25) is 5.09 Å². The van der Waals surface area contributed by atoms with Crippen molar-refractivity contribution in [2.45, 2.75) is 11.5 Å². The Labute approximate surface area is 150 Å². The summed E-state index contributed by atoms with van der Waals surface area (Å²) in [5, 5.41) is 2.31. The lowest BCUT2D eigenvalue weighted by molar-refractivity contribution is 0.0722. The number of carbonyl (C=O) groups excluding carboxylic acids is 1. The van der Waals surface area contributed by atoms with E-state index in [2.05, 4.69) is 5.32 Å². The fourth-order valence-electron chi connectivity index (χ4n) is 2.59. The molecule has 140 valence electrons. The van der Waals surface area contributed by atoms with Gasteiger partial charge in [0.15, 0.2) is 5.76 Å². The second kappa shape index (κ2) is 7.98. The molecule has 1 aromatic heterocycles. The summed E-state index contributed by atoms with van der Waals surface area (Å²) in [6.45, 7) is 1.33. The van der Waals surface area contributed by atoms with E-state index in [1.807, 2.05) is 0 Å². The van der Waals surface area contributed by atoms with E-state index in [1.54, 1.807) is 18.2 Å². The maximum Gasteiger partial charge on any atom is 0.287 e. The van der Waals surface area contributed by atoms with E-state index in [0.717, 1.165) is 0 Å². The number of nitrogens with one attached hydrogen (secondary N) is 1. The highest BCUT2D eigenvalue weighted by Gasteiger charge is 2.30. The van der Waals surface area contributed by atoms with Crippen molar-refractivity contribution in [2.24, 2.45) is 0 Å². The first-order valence-corrected chi connectivity index (χ1v) is 9.62. The molecule has 1 aromatic carbocycles. The predicted octanol–water partition coefficient (Wildman–Crippen LogP) is 1.41. The number of ether oxygens (including phenoxy) is 1. The van der Waals surface area contributed by atoms with Crippen molar-refractivity contribution in [3.05, 3.63) is 53.5 Å². The molecule has 2 heterocycles. The zero-order valence-corrected chi connectivity index (χ0v) is 14.8. The van der Waals surface area contributed by atoms with E-state index in [0.29, 0.717) is 25.2 Å². The van der Waals surface area contributed by atoms with Crippen LogP contribution in [-0.4, -0.2) is 51.5 Å². The van der Waals surface area contributed by atoms with Crippen LogP contribution in [0.15, 0.2) is 45.9 Å². The molecular weight excluding hydrogens is 363 g/mol. The molecule has 0 radical (unpaired) electrons. The van der Waals surface area contributed by atoms with Crippen LogP contribution < -0.4 is 5.32 Å². The van der Waals surface area contributed by atoms with Crippen LogP contribution in [0.1, 0.15) is 16.1 Å². The summed E-state index contributed by atoms with van der Waals surface area (Å²) in [5.41, 5.74) is 0.489. The van der Waals surface area contributed by atoms with E-state index in [-0.39, 0.29) is 36.3 Å². The molecule has 26 heavy (non-hydrogen) atoms. The lowest BCUT2D eigenvalue weighted by Gasteiger charge is -2.24. The fourth-order valence-corrected chi connectivity index (χ4v) is 3.91. The van der Waals surface area contributed by atoms with Crippen LogP contribution in [0.25, 0.3) is 0 Å². The number of halogens is 1. The largest absolute Gasteiger partial charge is 0.438 e. The van der Waals surface area contributed by atoms with Crippen LogP contribution in [0.2, 0.25) is 0 Å². The predicted molar refractivity (Wildman–Crippen MR) is 90.7 cm³/mol. The van der Waals surface area contributed by atoms with Gasteiger partial charge < -0.3 is 14.5 Å². The van der Waals surface area contributed by atoms with Crippen LogP contribution in [0.4, 0.5) is 4.39 Å². The van der Waals surface area contributed by atoms with Gasteiger partial charge in [-0.15, -0.1) is 0 Å². The molecule has 1 N–H and O–H groups in total. The summed E-state index contributed by atoms with van der Waals surface area (Å²) in [4.78, 5) is 12.1. The number of rotatable bonds is 6. The monoisotopic (exact) mass is 382 g/mol. The van der Waals surface area contributed by atoms with Crippen molar-refractivity contribution in [3.63, 3.8) is 0 Å². The number of morpholine rings is 1. The van der Waals surface area contributed by atoms with E-state index < -0.39 is 15.9 Å². The quantitative estimate of drug-likeness (QED) is 0.816. The molecule has 0 unspecified atom stereocenters. The van der Waals surface area contributed by atoms with Gasteiger partial charge in [0.1, 0.15) is 5.82 Å². The Morgan fingerprint density at radius 3 is 2.62 bits per heavy atom. The molecule has 2 aromatic rings. The first kappa shape index (κ1) is 18.6. The molecule has 7 nitrogen and oxygen atoms in total. The standard InChI is InChI=1S/C17H19FN2O5S/c18-14-4-2-1-3-13(14)7-8-19-17(21)15-5-6-16(25-15)26(22,23)20-9-11-24-12-10-20/h1-6H,7-12H2,(H,19,21). The second-order valence-corrected chi connectivity index (χ2v) is 7.60. The van der Waals surface area contributed by atoms with Crippen LogP contribution in [0.5, 0.6) is 0 Å². The van der Waals surface area contributed by atoms with Crippen molar-refractivity contribution in [1.29, 1.82) is 0 Å². The van der Waals surface area contributed by atoms with Gasteiger partial charge in [0.05, 0.1) is 13.2 Å². The highest BCUT2D eigenvalue weighted by atomic mass is 32.2. The van der Waals surface area contributed by atoms with E-state index in [9.17, 15) is 17.6 Å². The van der Waals surface area contributed by atoms with Gasteiger partial charge >= 0.3 is 0 Å². The highest BCUT2D eigenvalue weighted by Crippen LogP contribution is 2.20. The minimum Gasteiger partial charge on any atom is -0.438 e. The molecule has 1 saturated heterocycles. The summed E-state index contributed by atoms with van der Waals surface area (Å²) in [5.74, 6) is -0.992. The van der Waals surface area contributed by atoms with Crippen molar-refractivity contribution in [1.82, 2.24) is 9.62 Å². The number of hydrogen-bond acceptors (Lipinski definition) is 5. The third-order valence-corrected chi connectivity index (χ3v) is 5.78. The van der Waals surface area contributed by atoms with Gasteiger partial charge in [-0.05, 0) is 30.2 Å². The van der Waals surface area contributed by atoms with Crippen LogP contribution in [0.3, 0.4) is 0 Å². The molecule has 9 heteroatoms. The van der Waals surface area contributed by atoms with E-state index >= 15 is 0 Å². The van der Waals surface area contributed by atoms with Crippen molar-refractivity contribution in [2.75, 3.05) is 32.8 Å². The Morgan fingerprint density at radius 2 is 1.88 bits per heavy atom. The molecule has 0 atom stereocenters. The summed E-state index contributed by atoms with van der Waals surface area (Å²) >= 11 is 0. The third kappa shape index (κ3) is 4.12. The minimum atomic E-state index is -3.79. The maximum atomic E-state index is 13.5. The van der Waals surface area contributed by atoms with Crippen LogP contribution in [-0.2, 0) is 21.2 Å². The zero-order chi connectivity index (χ0) is 18.6. The molecule has 1 aliphatic rings. The van der Waals surface area contributed by atoms with Crippen LogP contribution >= 0.6 is 0 Å². The average molecular weight is 382 g/mol. The van der Waals surface area contributed by atoms with Gasteiger partial charge in [0.25, 0.3) is 15.9 Å². The van der Waals surface area contributed by atoms with Crippen molar-refractivity contribution in [3.8, 4) is 0 Å². The summed E-state index contributed by atoms with van der Waals surface area (Å²) in [6.07, 6.45) is 0.318. The lowest BCUT2D eigenvalue weighted by Crippen LogP contribution is -2.40. The minimum absolute atomic E-state index is 0.106. The number of sulfonamides is 1. The van der Waals surface area contributed by atoms with Gasteiger partial charge in [-0.3, -0.25) is 4.79 Å². The summed E-state index contributed by atoms with van der Waals surface area (Å²) < 4.78 is 50.1. The first-order chi connectivity index (χ1) is 12.5. The SMILES string of the molecule is O=C(NCCc1ccccc1F)c1ccc(S(=O)(=O)N2CCOCC2)o1. The highest BCUT2D eigenvalue weighted by molar-refractivity contribution is 7.89. The molecule has 0 saturated carbocycles. The fraction of sp³-hybridized carbons (Fsp3) is 0.353. The van der Waals surface area contributed by atoms with Gasteiger partial charge in [-0.1, -0.05) is 18.2 Å². The Hall–Kier alpha value is -2.23. The summed E-state index contributed by atoms with van der Waals surface area (Å²) in [6, 6.07) is 8.88. The van der Waals surface area contributed by atoms with E-state index in [1.165, 1.54) is 22.5 Å². The second-order valence-electron chi connectivity index (χ2n) is 5.73. The van der Waals surface area contributed by atoms with Gasteiger partial charge in [-0.2, -0.15) is 4.31 Å². The summed E-state index contributed by atoms with van der Waals surface area (Å²) in [7, 11) is -3.79. The number of benzene rings is 1. The normalized spacial score (nSPS) is 15.7. The first-order valence-electron chi connectivity index (χ1n) is 8.18. The molecule has 1 amide bonds. The smallest absolute Gasteiger partial charge is 0.287 e. The Balaban J connectivity index is 1.60. The number of furan rings is 1. The number of nitrogens with zero attached hydrogens (tertiary/aromatic N) is 1. The molecule has 1 fully saturated rings. The molecule has 3 rings (SSSR count). The van der Waals surface area contributed by atoms with Crippen molar-refractivity contribution < 1.29 is 26.8 Å². The molecular formula is C17H19FN2O5S. The topological polar surface area (TPSA) is 88.9 Å². The third-order valence-electron chi connectivity index (χ3n) is 4.01. The average Bonchev–Trinajstić information content (AvgIpc) is 3.15. The maximum absolute atomic E-state index is 13.5. The Morgan fingerprint density at radius 1 is 1.15 bits per heavy atom. The van der Waals surface area contributed by atoms with Crippen LogP contribution in [0, 0.1) is 5.82 Å². The Kier molecular flexibility index (Phi) is 5.70. The molecule has 0 aliphatic carbocycles. The van der Waals surface area contributed by atoms with Gasteiger partial charge in [-0.25, -0.2) is 12.8 Å². The molecule has 0 bridgehead atoms. The number of carbonyl (C=O) groups is 1. The van der Waals surface area contributed by atoms with Gasteiger partial charge in [0, 0.05) is 19.6 Å².